The van der Waals surface area contributed by atoms with E-state index < -0.39 is 6.61 Å². The van der Waals surface area contributed by atoms with Crippen LogP contribution < -0.4 is 25.0 Å². The smallest absolute Gasteiger partial charge is 0.387 e. The number of piperazine rings is 1. The van der Waals surface area contributed by atoms with E-state index in [0.29, 0.717) is 54.6 Å². The molecule has 4 rings (SSSR count). The van der Waals surface area contributed by atoms with Crippen molar-refractivity contribution in [2.45, 2.75) is 24.9 Å². The summed E-state index contributed by atoms with van der Waals surface area (Å²) in [4.78, 5) is 36.8. The van der Waals surface area contributed by atoms with Gasteiger partial charge in [0.15, 0.2) is 5.75 Å². The van der Waals surface area contributed by atoms with Gasteiger partial charge < -0.3 is 29.9 Å². The van der Waals surface area contributed by atoms with E-state index in [0.717, 1.165) is 6.08 Å². The Morgan fingerprint density at radius 2 is 1.95 bits per heavy atom. The number of benzene rings is 2. The molecule has 10 nitrogen and oxygen atoms in total. The van der Waals surface area contributed by atoms with E-state index in [1.807, 2.05) is 18.1 Å². The van der Waals surface area contributed by atoms with Crippen LogP contribution in [0.15, 0.2) is 66.2 Å². The molecular weight excluding hydrogens is 554 g/mol. The van der Waals surface area contributed by atoms with Gasteiger partial charge in [0.05, 0.1) is 10.6 Å². The van der Waals surface area contributed by atoms with Crippen LogP contribution in [0.25, 0.3) is 0 Å². The first-order valence-corrected chi connectivity index (χ1v) is 14.0. The monoisotopic (exact) mass is 584 g/mol. The normalized spacial score (nSPS) is 13.1. The summed E-state index contributed by atoms with van der Waals surface area (Å²) in [6.45, 7) is 4.48. The molecule has 13 heteroatoms. The van der Waals surface area contributed by atoms with Crippen molar-refractivity contribution in [3.8, 4) is 17.4 Å². The van der Waals surface area contributed by atoms with Gasteiger partial charge in [-0.2, -0.15) is 13.8 Å². The number of carbonyl (C=O) groups is 2. The first-order valence-electron chi connectivity index (χ1n) is 12.8. The first kappa shape index (κ1) is 29.6. The second-order valence-corrected chi connectivity index (χ2v) is 9.64. The molecule has 1 aromatic heterocycles. The maximum absolute atomic E-state index is 13.3. The van der Waals surface area contributed by atoms with Crippen LogP contribution in [0.5, 0.6) is 17.4 Å². The highest BCUT2D eigenvalue weighted by molar-refractivity contribution is 7.98. The predicted molar refractivity (Wildman–Crippen MR) is 155 cm³/mol. The number of hydrogen-bond donors (Lipinski definition) is 2. The number of nitrogens with zero attached hydrogens (tertiary/aromatic N) is 4. The summed E-state index contributed by atoms with van der Waals surface area (Å²) in [7, 11) is 0. The second kappa shape index (κ2) is 13.8. The average Bonchev–Trinajstić information content (AvgIpc) is 2.97. The highest BCUT2D eigenvalue weighted by atomic mass is 32.2. The third kappa shape index (κ3) is 7.84. The molecule has 3 aromatic rings. The molecule has 2 heterocycles. The maximum atomic E-state index is 13.3. The van der Waals surface area contributed by atoms with Gasteiger partial charge in [-0.25, -0.2) is 4.98 Å². The molecule has 1 fully saturated rings. The molecular formula is C28H30F2N6O4S. The summed E-state index contributed by atoms with van der Waals surface area (Å²) in [5.41, 5.74) is 1.45. The molecule has 0 bridgehead atoms. The lowest BCUT2D eigenvalue weighted by Gasteiger charge is -2.36. The number of halogens is 2. The van der Waals surface area contributed by atoms with Crippen molar-refractivity contribution in [3.05, 3.63) is 61.3 Å². The van der Waals surface area contributed by atoms with Gasteiger partial charge >= 0.3 is 6.61 Å². The van der Waals surface area contributed by atoms with Gasteiger partial charge in [0.25, 0.3) is 0 Å². The molecule has 2 amide bonds. The Labute approximate surface area is 240 Å². The van der Waals surface area contributed by atoms with Gasteiger partial charge in [-0.3, -0.25) is 9.59 Å². The number of thioether (sulfide) groups is 1. The molecule has 41 heavy (non-hydrogen) atoms. The number of carbonyl (C=O) groups excluding carboxylic acids is 2. The zero-order valence-corrected chi connectivity index (χ0v) is 23.4. The summed E-state index contributed by atoms with van der Waals surface area (Å²) in [6, 6.07) is 11.7. The minimum Gasteiger partial charge on any atom is -0.438 e. The highest BCUT2D eigenvalue weighted by Crippen LogP contribution is 2.35. The number of alkyl halides is 2. The number of rotatable bonds is 11. The maximum Gasteiger partial charge on any atom is 0.387 e. The van der Waals surface area contributed by atoms with Crippen molar-refractivity contribution in [2.24, 2.45) is 0 Å². The SMILES string of the molecule is C=CC(=O)Nc1cccc(Oc2nc(Nc3ccc(N4CCN(C(=O)CC)CC4)cc3OC(F)F)ncc2SC)c1. The lowest BCUT2D eigenvalue weighted by molar-refractivity contribution is -0.131. The van der Waals surface area contributed by atoms with Crippen LogP contribution in [0.2, 0.25) is 0 Å². The van der Waals surface area contributed by atoms with Crippen molar-refractivity contribution >= 4 is 46.6 Å². The molecule has 1 aliphatic heterocycles. The van der Waals surface area contributed by atoms with Crippen LogP contribution in [0.3, 0.4) is 0 Å². The van der Waals surface area contributed by atoms with E-state index >= 15 is 0 Å². The molecule has 0 saturated carbocycles. The van der Waals surface area contributed by atoms with E-state index in [-0.39, 0.29) is 35.1 Å². The molecule has 0 atom stereocenters. The first-order chi connectivity index (χ1) is 19.8. The van der Waals surface area contributed by atoms with Crippen LogP contribution in [0.1, 0.15) is 13.3 Å². The number of nitrogens with one attached hydrogen (secondary N) is 2. The summed E-state index contributed by atoms with van der Waals surface area (Å²) in [5.74, 6) is 0.409. The van der Waals surface area contributed by atoms with Crippen molar-refractivity contribution in [3.63, 3.8) is 0 Å². The van der Waals surface area contributed by atoms with Crippen LogP contribution in [-0.4, -0.2) is 65.7 Å². The number of amides is 2. The average molecular weight is 585 g/mol. The van der Waals surface area contributed by atoms with Gasteiger partial charge in [-0.05, 0) is 36.6 Å². The fourth-order valence-corrected chi connectivity index (χ4v) is 4.55. The highest BCUT2D eigenvalue weighted by Gasteiger charge is 2.22. The molecule has 216 valence electrons. The lowest BCUT2D eigenvalue weighted by atomic mass is 10.2. The van der Waals surface area contributed by atoms with Crippen LogP contribution >= 0.6 is 11.8 Å². The third-order valence-corrected chi connectivity index (χ3v) is 6.89. The van der Waals surface area contributed by atoms with Gasteiger partial charge in [-0.1, -0.05) is 19.6 Å². The molecule has 0 spiro atoms. The van der Waals surface area contributed by atoms with E-state index in [2.05, 4.69) is 27.2 Å². The molecule has 0 radical (unpaired) electrons. The fourth-order valence-electron chi connectivity index (χ4n) is 4.13. The van der Waals surface area contributed by atoms with E-state index in [1.54, 1.807) is 47.5 Å². The van der Waals surface area contributed by atoms with Crippen LogP contribution in [0.4, 0.5) is 31.8 Å². The standard InChI is InChI=1S/C28H30F2N6O4S/c1-4-24(37)32-18-7-6-8-20(15-18)39-26-23(41-3)17-31-28(34-26)33-21-10-9-19(16-22(21)40-27(29)30)35-11-13-36(14-12-35)25(38)5-2/h4,6-10,15-17,27H,1,5,11-14H2,2-3H3,(H,32,37)(H,31,33,34). The van der Waals surface area contributed by atoms with Gasteiger partial charge in [0.1, 0.15) is 5.75 Å². The molecule has 1 saturated heterocycles. The summed E-state index contributed by atoms with van der Waals surface area (Å²) in [5, 5.41) is 5.62. The topological polar surface area (TPSA) is 109 Å². The Bertz CT molecular complexity index is 1400. The van der Waals surface area contributed by atoms with Crippen molar-refractivity contribution in [2.75, 3.05) is 48.0 Å². The minimum atomic E-state index is -3.04. The van der Waals surface area contributed by atoms with E-state index in [4.69, 9.17) is 9.47 Å². The predicted octanol–water partition coefficient (Wildman–Crippen LogP) is 5.52. The van der Waals surface area contributed by atoms with Gasteiger partial charge in [0, 0.05) is 62.3 Å². The molecule has 1 aliphatic rings. The third-order valence-electron chi connectivity index (χ3n) is 6.17. The molecule has 2 N–H and O–H groups in total. The Hall–Kier alpha value is -4.39. The summed E-state index contributed by atoms with van der Waals surface area (Å²) < 4.78 is 37.5. The zero-order chi connectivity index (χ0) is 29.4. The van der Waals surface area contributed by atoms with Crippen LogP contribution in [-0.2, 0) is 9.59 Å². The quantitative estimate of drug-likeness (QED) is 0.222. The number of hydrogen-bond acceptors (Lipinski definition) is 9. The fraction of sp³-hybridized carbons (Fsp3) is 0.286. The Morgan fingerprint density at radius 3 is 2.63 bits per heavy atom. The number of aromatic nitrogens is 2. The Morgan fingerprint density at radius 1 is 1.17 bits per heavy atom. The van der Waals surface area contributed by atoms with E-state index in [1.165, 1.54) is 17.8 Å². The Kier molecular flexibility index (Phi) is 9.95. The van der Waals surface area contributed by atoms with Crippen molar-refractivity contribution < 1.29 is 27.8 Å². The number of anilines is 4. The van der Waals surface area contributed by atoms with Crippen molar-refractivity contribution in [1.29, 1.82) is 0 Å². The zero-order valence-electron chi connectivity index (χ0n) is 22.6. The summed E-state index contributed by atoms with van der Waals surface area (Å²) >= 11 is 1.37. The molecule has 0 aliphatic carbocycles. The molecule has 2 aromatic carbocycles. The largest absolute Gasteiger partial charge is 0.438 e. The lowest BCUT2D eigenvalue weighted by Crippen LogP contribution is -2.48. The van der Waals surface area contributed by atoms with Gasteiger partial charge in [0.2, 0.25) is 23.6 Å². The molecule has 0 unspecified atom stereocenters. The second-order valence-electron chi connectivity index (χ2n) is 8.80. The minimum absolute atomic E-state index is 0.0739. The van der Waals surface area contributed by atoms with Crippen molar-refractivity contribution in [1.82, 2.24) is 14.9 Å². The van der Waals surface area contributed by atoms with E-state index in [9.17, 15) is 18.4 Å². The van der Waals surface area contributed by atoms with Crippen LogP contribution in [0, 0.1) is 0 Å². The Balaban J connectivity index is 1.54. The summed E-state index contributed by atoms with van der Waals surface area (Å²) in [6.07, 6.45) is 5.00. The number of ether oxygens (including phenoxy) is 2. The van der Waals surface area contributed by atoms with Gasteiger partial charge in [-0.15, -0.1) is 11.8 Å².